The van der Waals surface area contributed by atoms with Gasteiger partial charge >= 0.3 is 0 Å². The maximum atomic E-state index is 4.15. The van der Waals surface area contributed by atoms with E-state index in [2.05, 4.69) is 44.5 Å². The second-order valence-corrected chi connectivity index (χ2v) is 4.59. The minimum atomic E-state index is 0.601. The Hall–Kier alpha value is -1.24. The van der Waals surface area contributed by atoms with Crippen molar-refractivity contribution in [3.8, 4) is 0 Å². The minimum Gasteiger partial charge on any atom is -0.360 e. The van der Waals surface area contributed by atoms with E-state index in [-0.39, 0.29) is 0 Å². The molecule has 0 spiro atoms. The summed E-state index contributed by atoms with van der Waals surface area (Å²) in [7, 11) is 0. The van der Waals surface area contributed by atoms with Crippen molar-refractivity contribution < 1.29 is 0 Å². The smallest absolute Gasteiger partial charge is 0.0367 e. The zero-order valence-electron chi connectivity index (χ0n) is 10.8. The standard InChI is InChI=1S/C15H23N/c1-6-12(4)14-8-7-13(5)15(10-9-14)16-11(2)3/h7,10,14,16H,2,4,6,8-9H2,1,3,5H3. The number of hydrogen-bond donors (Lipinski definition) is 1. The maximum absolute atomic E-state index is 4.15. The van der Waals surface area contributed by atoms with Gasteiger partial charge in [0.1, 0.15) is 0 Å². The van der Waals surface area contributed by atoms with Crippen molar-refractivity contribution in [2.45, 2.75) is 40.0 Å². The largest absolute Gasteiger partial charge is 0.360 e. The third kappa shape index (κ3) is 3.41. The monoisotopic (exact) mass is 217 g/mol. The fourth-order valence-electron chi connectivity index (χ4n) is 1.95. The number of allylic oxidation sites excluding steroid dienone is 5. The van der Waals surface area contributed by atoms with Crippen LogP contribution in [0.15, 0.2) is 47.9 Å². The quantitative estimate of drug-likeness (QED) is 0.692. The van der Waals surface area contributed by atoms with Crippen LogP contribution in [0.5, 0.6) is 0 Å². The first-order valence-corrected chi connectivity index (χ1v) is 6.02. The lowest BCUT2D eigenvalue weighted by atomic mass is 9.92. The maximum Gasteiger partial charge on any atom is 0.0367 e. The molecule has 0 saturated heterocycles. The fraction of sp³-hybridized carbons (Fsp3) is 0.467. The Morgan fingerprint density at radius 2 is 2.00 bits per heavy atom. The molecular formula is C15H23N. The van der Waals surface area contributed by atoms with Crippen LogP contribution in [0.3, 0.4) is 0 Å². The average Bonchev–Trinajstić information content (AvgIpc) is 2.41. The molecule has 0 aliphatic heterocycles. The van der Waals surface area contributed by atoms with E-state index in [1.807, 2.05) is 6.92 Å². The van der Waals surface area contributed by atoms with E-state index >= 15 is 0 Å². The molecule has 1 N–H and O–H groups in total. The highest BCUT2D eigenvalue weighted by molar-refractivity contribution is 5.32. The van der Waals surface area contributed by atoms with Crippen LogP contribution < -0.4 is 5.32 Å². The lowest BCUT2D eigenvalue weighted by Gasteiger charge is -2.13. The summed E-state index contributed by atoms with van der Waals surface area (Å²) < 4.78 is 0. The van der Waals surface area contributed by atoms with Gasteiger partial charge in [0.25, 0.3) is 0 Å². The second kappa shape index (κ2) is 5.74. The van der Waals surface area contributed by atoms with E-state index < -0.39 is 0 Å². The number of nitrogens with one attached hydrogen (secondary N) is 1. The molecule has 0 aromatic carbocycles. The van der Waals surface area contributed by atoms with Crippen LogP contribution in [0.2, 0.25) is 0 Å². The molecule has 88 valence electrons. The van der Waals surface area contributed by atoms with Gasteiger partial charge in [0.15, 0.2) is 0 Å². The van der Waals surface area contributed by atoms with Crippen molar-refractivity contribution in [3.05, 3.63) is 47.9 Å². The van der Waals surface area contributed by atoms with Gasteiger partial charge in [-0.1, -0.05) is 37.8 Å². The molecule has 0 saturated carbocycles. The van der Waals surface area contributed by atoms with E-state index in [4.69, 9.17) is 0 Å². The summed E-state index contributed by atoms with van der Waals surface area (Å²) in [5.74, 6) is 0.601. The number of rotatable bonds is 4. The molecule has 0 bridgehead atoms. The SMILES string of the molecule is C=C(C)NC1=CCC(C(=C)CC)CC=C1C. The molecule has 0 radical (unpaired) electrons. The first-order valence-electron chi connectivity index (χ1n) is 6.02. The van der Waals surface area contributed by atoms with Gasteiger partial charge < -0.3 is 5.32 Å². The summed E-state index contributed by atoms with van der Waals surface area (Å²) >= 11 is 0. The van der Waals surface area contributed by atoms with Crippen molar-refractivity contribution in [1.82, 2.24) is 5.32 Å². The summed E-state index contributed by atoms with van der Waals surface area (Å²) in [6, 6.07) is 0. The van der Waals surface area contributed by atoms with Crippen LogP contribution in [0.25, 0.3) is 0 Å². The summed E-state index contributed by atoms with van der Waals surface area (Å²) in [5, 5.41) is 3.32. The average molecular weight is 217 g/mol. The Morgan fingerprint density at radius 3 is 2.56 bits per heavy atom. The topological polar surface area (TPSA) is 12.0 Å². The van der Waals surface area contributed by atoms with Crippen LogP contribution in [-0.2, 0) is 0 Å². The van der Waals surface area contributed by atoms with Gasteiger partial charge in [-0.3, -0.25) is 0 Å². The molecule has 0 heterocycles. The third-order valence-corrected chi connectivity index (χ3v) is 3.12. The molecule has 1 heteroatoms. The van der Waals surface area contributed by atoms with Crippen LogP contribution in [0, 0.1) is 5.92 Å². The van der Waals surface area contributed by atoms with Crippen molar-refractivity contribution in [2.24, 2.45) is 5.92 Å². The molecule has 1 nitrogen and oxygen atoms in total. The summed E-state index contributed by atoms with van der Waals surface area (Å²) in [6.45, 7) is 14.4. The van der Waals surface area contributed by atoms with Gasteiger partial charge in [0, 0.05) is 11.4 Å². The Labute approximate surface area is 99.6 Å². The van der Waals surface area contributed by atoms with E-state index in [1.165, 1.54) is 16.8 Å². The Morgan fingerprint density at radius 1 is 1.38 bits per heavy atom. The molecule has 1 aliphatic rings. The first-order chi connectivity index (χ1) is 7.54. The molecule has 0 aromatic rings. The zero-order valence-corrected chi connectivity index (χ0v) is 10.8. The van der Waals surface area contributed by atoms with E-state index in [0.717, 1.165) is 25.0 Å². The van der Waals surface area contributed by atoms with Crippen molar-refractivity contribution in [1.29, 1.82) is 0 Å². The highest BCUT2D eigenvalue weighted by atomic mass is 14.9. The fourth-order valence-corrected chi connectivity index (χ4v) is 1.95. The lowest BCUT2D eigenvalue weighted by Crippen LogP contribution is -2.10. The summed E-state index contributed by atoms with van der Waals surface area (Å²) in [5.41, 5.74) is 4.87. The molecule has 0 fully saturated rings. The van der Waals surface area contributed by atoms with Gasteiger partial charge in [-0.2, -0.15) is 0 Å². The van der Waals surface area contributed by atoms with Crippen LogP contribution in [0.4, 0.5) is 0 Å². The lowest BCUT2D eigenvalue weighted by molar-refractivity contribution is 0.617. The van der Waals surface area contributed by atoms with Crippen molar-refractivity contribution >= 4 is 0 Å². The molecule has 0 amide bonds. The van der Waals surface area contributed by atoms with Crippen molar-refractivity contribution in [2.75, 3.05) is 0 Å². The Bertz CT molecular complexity index is 344. The molecule has 1 unspecified atom stereocenters. The first kappa shape index (κ1) is 12.8. The highest BCUT2D eigenvalue weighted by Gasteiger charge is 2.13. The van der Waals surface area contributed by atoms with E-state index in [1.54, 1.807) is 0 Å². The molecule has 0 aromatic heterocycles. The molecule has 1 rings (SSSR count). The predicted octanol–water partition coefficient (Wildman–Crippen LogP) is 4.32. The zero-order chi connectivity index (χ0) is 12.1. The van der Waals surface area contributed by atoms with Gasteiger partial charge in [0.05, 0.1) is 0 Å². The third-order valence-electron chi connectivity index (χ3n) is 3.12. The number of hydrogen-bond acceptors (Lipinski definition) is 1. The highest BCUT2D eigenvalue weighted by Crippen LogP contribution is 2.27. The molecule has 16 heavy (non-hydrogen) atoms. The normalized spacial score (nSPS) is 20.6. The second-order valence-electron chi connectivity index (χ2n) is 4.59. The van der Waals surface area contributed by atoms with Gasteiger partial charge in [0.2, 0.25) is 0 Å². The Kier molecular flexibility index (Phi) is 4.60. The minimum absolute atomic E-state index is 0.601. The predicted molar refractivity (Wildman–Crippen MR) is 71.9 cm³/mol. The van der Waals surface area contributed by atoms with E-state index in [0.29, 0.717) is 5.92 Å². The van der Waals surface area contributed by atoms with E-state index in [9.17, 15) is 0 Å². The molecule has 1 atom stereocenters. The van der Waals surface area contributed by atoms with Gasteiger partial charge in [-0.05, 0) is 44.6 Å². The summed E-state index contributed by atoms with van der Waals surface area (Å²) in [4.78, 5) is 0. The van der Waals surface area contributed by atoms with Crippen LogP contribution in [0.1, 0.15) is 40.0 Å². The molecular weight excluding hydrogens is 194 g/mol. The van der Waals surface area contributed by atoms with Crippen LogP contribution >= 0.6 is 0 Å². The molecule has 1 aliphatic carbocycles. The van der Waals surface area contributed by atoms with Crippen molar-refractivity contribution in [3.63, 3.8) is 0 Å². The van der Waals surface area contributed by atoms with Gasteiger partial charge in [-0.25, -0.2) is 0 Å². The Balaban J connectivity index is 2.78. The summed E-state index contributed by atoms with van der Waals surface area (Å²) in [6.07, 6.45) is 7.85. The van der Waals surface area contributed by atoms with Crippen LogP contribution in [-0.4, -0.2) is 0 Å². The van der Waals surface area contributed by atoms with Gasteiger partial charge in [-0.15, -0.1) is 0 Å².